The normalized spacial score (nSPS) is 11.7. The van der Waals surface area contributed by atoms with Crippen LogP contribution in [0.25, 0.3) is 22.0 Å². The number of benzene rings is 2. The fourth-order valence-corrected chi connectivity index (χ4v) is 2.20. The Balaban J connectivity index is 2.02. The summed E-state index contributed by atoms with van der Waals surface area (Å²) in [5.74, 6) is 0. The molecule has 0 saturated carbocycles. The first-order valence-electron chi connectivity index (χ1n) is 6.11. The molecular weight excluding hydrogens is 254 g/mol. The molecule has 0 saturated heterocycles. The number of nitrogens with zero attached hydrogens (tertiary/aromatic N) is 1. The molecule has 0 bridgehead atoms. The molecule has 19 heavy (non-hydrogen) atoms. The van der Waals surface area contributed by atoms with Crippen molar-refractivity contribution in [1.82, 2.24) is 4.98 Å². The zero-order valence-corrected chi connectivity index (χ0v) is 11.0. The van der Waals surface area contributed by atoms with Crippen molar-refractivity contribution in [3.63, 3.8) is 0 Å². The van der Waals surface area contributed by atoms with E-state index in [2.05, 4.69) is 4.98 Å². The third-order valence-corrected chi connectivity index (χ3v) is 3.24. The first kappa shape index (κ1) is 11.9. The van der Waals surface area contributed by atoms with Gasteiger partial charge in [-0.1, -0.05) is 66.2 Å². The van der Waals surface area contributed by atoms with Crippen LogP contribution >= 0.6 is 11.6 Å². The number of para-hydroxylation sites is 1. The molecule has 0 N–H and O–H groups in total. The Morgan fingerprint density at radius 2 is 1.58 bits per heavy atom. The van der Waals surface area contributed by atoms with Gasteiger partial charge in [0.2, 0.25) is 0 Å². The molecule has 0 aliphatic carbocycles. The summed E-state index contributed by atoms with van der Waals surface area (Å²) in [6.45, 7) is 0. The van der Waals surface area contributed by atoms with E-state index in [9.17, 15) is 0 Å². The van der Waals surface area contributed by atoms with Crippen molar-refractivity contribution in [2.24, 2.45) is 0 Å². The Hall–Kier alpha value is -2.12. The van der Waals surface area contributed by atoms with E-state index >= 15 is 0 Å². The maximum Gasteiger partial charge on any atom is 0.0823 e. The topological polar surface area (TPSA) is 12.9 Å². The molecule has 0 amide bonds. The van der Waals surface area contributed by atoms with Crippen molar-refractivity contribution in [2.75, 3.05) is 0 Å². The van der Waals surface area contributed by atoms with E-state index in [1.165, 1.54) is 0 Å². The second-order valence-electron chi connectivity index (χ2n) is 4.29. The van der Waals surface area contributed by atoms with Gasteiger partial charge in [0.1, 0.15) is 0 Å². The minimum Gasteiger partial charge on any atom is -0.247 e. The predicted molar refractivity (Wildman–Crippen MR) is 81.9 cm³/mol. The molecule has 1 heterocycles. The van der Waals surface area contributed by atoms with E-state index in [-0.39, 0.29) is 0 Å². The van der Waals surface area contributed by atoms with Crippen molar-refractivity contribution >= 4 is 33.6 Å². The quantitative estimate of drug-likeness (QED) is 0.637. The number of halogens is 1. The van der Waals surface area contributed by atoms with Gasteiger partial charge in [-0.25, -0.2) is 4.98 Å². The van der Waals surface area contributed by atoms with Crippen LogP contribution in [0.15, 0.2) is 66.7 Å². The maximum absolute atomic E-state index is 6.34. The zero-order chi connectivity index (χ0) is 13.1. The molecule has 1 nitrogen and oxygen atoms in total. The first-order valence-corrected chi connectivity index (χ1v) is 6.49. The van der Waals surface area contributed by atoms with Gasteiger partial charge in [-0.2, -0.15) is 0 Å². The van der Waals surface area contributed by atoms with Crippen molar-refractivity contribution in [2.45, 2.75) is 0 Å². The molecule has 3 rings (SSSR count). The van der Waals surface area contributed by atoms with Gasteiger partial charge in [0, 0.05) is 5.39 Å². The van der Waals surface area contributed by atoms with E-state index in [4.69, 9.17) is 11.6 Å². The summed E-state index contributed by atoms with van der Waals surface area (Å²) in [5, 5.41) is 1.77. The van der Waals surface area contributed by atoms with Crippen LogP contribution in [0.3, 0.4) is 0 Å². The highest BCUT2D eigenvalue weighted by molar-refractivity contribution is 6.51. The number of hydrogen-bond donors (Lipinski definition) is 0. The largest absolute Gasteiger partial charge is 0.247 e. The Morgan fingerprint density at radius 3 is 2.42 bits per heavy atom. The Kier molecular flexibility index (Phi) is 3.30. The number of rotatable bonds is 2. The van der Waals surface area contributed by atoms with Gasteiger partial charge in [0.25, 0.3) is 0 Å². The molecular formula is C17H12ClN. The third-order valence-electron chi connectivity index (χ3n) is 2.94. The van der Waals surface area contributed by atoms with Gasteiger partial charge in [0.05, 0.1) is 16.2 Å². The van der Waals surface area contributed by atoms with Gasteiger partial charge in [-0.3, -0.25) is 0 Å². The van der Waals surface area contributed by atoms with E-state index in [1.54, 1.807) is 0 Å². The van der Waals surface area contributed by atoms with Crippen LogP contribution in [0.2, 0.25) is 0 Å². The average Bonchev–Trinajstić information content (AvgIpc) is 2.48. The minimum atomic E-state index is 0.650. The summed E-state index contributed by atoms with van der Waals surface area (Å²) in [7, 11) is 0. The molecule has 0 aliphatic heterocycles. The Labute approximate surface area is 117 Å². The van der Waals surface area contributed by atoms with Gasteiger partial charge in [-0.05, 0) is 23.8 Å². The van der Waals surface area contributed by atoms with Crippen LogP contribution in [0, 0.1) is 0 Å². The van der Waals surface area contributed by atoms with Gasteiger partial charge < -0.3 is 0 Å². The Morgan fingerprint density at radius 1 is 0.842 bits per heavy atom. The molecule has 1 aromatic heterocycles. The number of pyridine rings is 1. The summed E-state index contributed by atoms with van der Waals surface area (Å²) >= 11 is 6.34. The summed E-state index contributed by atoms with van der Waals surface area (Å²) in [5.41, 5.74) is 2.83. The van der Waals surface area contributed by atoms with Gasteiger partial charge in [-0.15, -0.1) is 0 Å². The lowest BCUT2D eigenvalue weighted by atomic mass is 10.1. The molecule has 0 aliphatic rings. The molecule has 3 aromatic rings. The van der Waals surface area contributed by atoms with E-state index in [0.29, 0.717) is 5.03 Å². The van der Waals surface area contributed by atoms with Crippen LogP contribution in [-0.2, 0) is 0 Å². The second-order valence-corrected chi connectivity index (χ2v) is 4.70. The first-order chi connectivity index (χ1) is 9.33. The molecule has 0 radical (unpaired) electrons. The molecule has 0 spiro atoms. The Bertz CT molecular complexity index is 732. The maximum atomic E-state index is 6.34. The van der Waals surface area contributed by atoms with Crippen LogP contribution in [0.5, 0.6) is 0 Å². The lowest BCUT2D eigenvalue weighted by Gasteiger charge is -2.02. The highest BCUT2D eigenvalue weighted by atomic mass is 35.5. The highest BCUT2D eigenvalue weighted by Gasteiger charge is 2.02. The minimum absolute atomic E-state index is 0.650. The lowest BCUT2D eigenvalue weighted by Crippen LogP contribution is -1.86. The molecule has 92 valence electrons. The van der Waals surface area contributed by atoms with E-state index < -0.39 is 0 Å². The zero-order valence-electron chi connectivity index (χ0n) is 10.3. The highest BCUT2D eigenvalue weighted by Crippen LogP contribution is 2.22. The van der Waals surface area contributed by atoms with Crippen molar-refractivity contribution in [3.05, 3.63) is 78.0 Å². The number of aromatic nitrogens is 1. The molecule has 2 aromatic carbocycles. The summed E-state index contributed by atoms with van der Waals surface area (Å²) in [6.07, 6.45) is 1.93. The van der Waals surface area contributed by atoms with Crippen molar-refractivity contribution in [3.8, 4) is 0 Å². The molecule has 0 unspecified atom stereocenters. The summed E-state index contributed by atoms with van der Waals surface area (Å²) < 4.78 is 0. The number of fused-ring (bicyclic) bond motifs is 1. The second kappa shape index (κ2) is 5.25. The third kappa shape index (κ3) is 2.67. The lowest BCUT2D eigenvalue weighted by molar-refractivity contribution is 1.37. The van der Waals surface area contributed by atoms with Gasteiger partial charge >= 0.3 is 0 Å². The predicted octanol–water partition coefficient (Wildman–Crippen LogP) is 4.97. The smallest absolute Gasteiger partial charge is 0.0823 e. The fraction of sp³-hybridized carbons (Fsp3) is 0. The van der Waals surface area contributed by atoms with Crippen LogP contribution in [0.4, 0.5) is 0 Å². The standard InChI is InChI=1S/C17H12ClN/c18-15(12-13-6-2-1-3-7-13)17-11-10-14-8-4-5-9-16(14)19-17/h1-12H. The van der Waals surface area contributed by atoms with Crippen LogP contribution in [-0.4, -0.2) is 4.98 Å². The van der Waals surface area contributed by atoms with Crippen molar-refractivity contribution < 1.29 is 0 Å². The van der Waals surface area contributed by atoms with Crippen LogP contribution < -0.4 is 0 Å². The van der Waals surface area contributed by atoms with Crippen LogP contribution in [0.1, 0.15) is 11.3 Å². The fourth-order valence-electron chi connectivity index (χ4n) is 1.97. The molecule has 0 atom stereocenters. The van der Waals surface area contributed by atoms with Crippen molar-refractivity contribution in [1.29, 1.82) is 0 Å². The van der Waals surface area contributed by atoms with Gasteiger partial charge in [0.15, 0.2) is 0 Å². The monoisotopic (exact) mass is 265 g/mol. The molecule has 2 heteroatoms. The van der Waals surface area contributed by atoms with E-state index in [1.807, 2.05) is 72.8 Å². The summed E-state index contributed by atoms with van der Waals surface area (Å²) in [4.78, 5) is 4.57. The SMILES string of the molecule is ClC(=Cc1ccccc1)c1ccc2ccccc2n1. The average molecular weight is 266 g/mol. The number of hydrogen-bond acceptors (Lipinski definition) is 1. The molecule has 0 fully saturated rings. The van der Waals surface area contributed by atoms with E-state index in [0.717, 1.165) is 22.2 Å². The summed E-state index contributed by atoms with van der Waals surface area (Å²) in [6, 6.07) is 22.0.